The zero-order valence-electron chi connectivity index (χ0n) is 13.7. The molecule has 1 atom stereocenters. The fourth-order valence-electron chi connectivity index (χ4n) is 3.22. The molecule has 1 aromatic rings. The first-order valence-corrected chi connectivity index (χ1v) is 8.86. The van der Waals surface area contributed by atoms with Crippen LogP contribution < -0.4 is 5.32 Å². The third-order valence-electron chi connectivity index (χ3n) is 4.78. The Morgan fingerprint density at radius 1 is 1.43 bits per heavy atom. The summed E-state index contributed by atoms with van der Waals surface area (Å²) in [5.41, 5.74) is 2.41. The Balaban J connectivity index is 2.20. The lowest BCUT2D eigenvalue weighted by Gasteiger charge is -2.47. The Bertz CT molecular complexity index is 463. The number of aryl methyl sites for hydroxylation is 2. The second-order valence-electron chi connectivity index (χ2n) is 6.02. The van der Waals surface area contributed by atoms with Crippen molar-refractivity contribution in [2.24, 2.45) is 7.05 Å². The molecule has 0 radical (unpaired) electrons. The van der Waals surface area contributed by atoms with Crippen LogP contribution in [0, 0.1) is 0 Å². The van der Waals surface area contributed by atoms with Crippen LogP contribution in [0.2, 0.25) is 0 Å². The number of halogens is 1. The predicted molar refractivity (Wildman–Crippen MR) is 89.7 cm³/mol. The van der Waals surface area contributed by atoms with Gasteiger partial charge in [0.2, 0.25) is 0 Å². The van der Waals surface area contributed by atoms with Gasteiger partial charge in [-0.25, -0.2) is 0 Å². The quantitative estimate of drug-likeness (QED) is 0.776. The van der Waals surface area contributed by atoms with E-state index in [2.05, 4.69) is 40.2 Å². The van der Waals surface area contributed by atoms with Crippen LogP contribution in [0.1, 0.15) is 50.9 Å². The Kier molecular flexibility index (Phi) is 5.86. The fourth-order valence-corrected chi connectivity index (χ4v) is 4.00. The summed E-state index contributed by atoms with van der Waals surface area (Å²) in [4.78, 5) is 0. The molecule has 0 aliphatic heterocycles. The Morgan fingerprint density at radius 2 is 2.14 bits per heavy atom. The van der Waals surface area contributed by atoms with E-state index in [9.17, 15) is 0 Å². The number of methoxy groups -OCH3 is 1. The van der Waals surface area contributed by atoms with Crippen LogP contribution in [0.4, 0.5) is 0 Å². The molecule has 1 aromatic heterocycles. The number of nitrogens with one attached hydrogen (secondary N) is 1. The lowest BCUT2D eigenvalue weighted by atomic mass is 9.73. The molecule has 4 nitrogen and oxygen atoms in total. The molecule has 0 saturated heterocycles. The number of hydrogen-bond donors (Lipinski definition) is 1. The molecule has 1 fully saturated rings. The highest BCUT2D eigenvalue weighted by Crippen LogP contribution is 2.40. The second kappa shape index (κ2) is 7.25. The van der Waals surface area contributed by atoms with Crippen LogP contribution in [0.25, 0.3) is 0 Å². The van der Waals surface area contributed by atoms with E-state index in [0.29, 0.717) is 6.04 Å². The van der Waals surface area contributed by atoms with Crippen molar-refractivity contribution in [1.29, 1.82) is 0 Å². The number of nitrogens with zero attached hydrogens (tertiary/aromatic N) is 2. The van der Waals surface area contributed by atoms with Crippen LogP contribution in [0.15, 0.2) is 4.47 Å². The standard InChI is InChI=1S/C16H28BrN3O/c1-5-10-18-14(16(21-4)8-7-9-16)11-13-15(17)12(6-2)19-20(13)3/h14,18H,5-11H2,1-4H3. The first-order chi connectivity index (χ1) is 10.1. The molecule has 1 unspecified atom stereocenters. The van der Waals surface area contributed by atoms with Gasteiger partial charge < -0.3 is 10.1 Å². The summed E-state index contributed by atoms with van der Waals surface area (Å²) >= 11 is 3.74. The minimum absolute atomic E-state index is 0.00522. The lowest BCUT2D eigenvalue weighted by molar-refractivity contribution is -0.0983. The second-order valence-corrected chi connectivity index (χ2v) is 6.81. The molecule has 1 saturated carbocycles. The lowest BCUT2D eigenvalue weighted by Crippen LogP contribution is -2.57. The summed E-state index contributed by atoms with van der Waals surface area (Å²) in [6.45, 7) is 5.39. The van der Waals surface area contributed by atoms with E-state index in [1.54, 1.807) is 0 Å². The maximum atomic E-state index is 5.91. The highest BCUT2D eigenvalue weighted by Gasteiger charge is 2.44. The molecule has 0 amide bonds. The third-order valence-corrected chi connectivity index (χ3v) is 5.70. The topological polar surface area (TPSA) is 39.1 Å². The van der Waals surface area contributed by atoms with Crippen molar-refractivity contribution in [1.82, 2.24) is 15.1 Å². The summed E-state index contributed by atoms with van der Waals surface area (Å²) in [6.07, 6.45) is 6.63. The fraction of sp³-hybridized carbons (Fsp3) is 0.812. The number of aromatic nitrogens is 2. The average Bonchev–Trinajstić information content (AvgIpc) is 2.70. The Hall–Kier alpha value is -0.390. The van der Waals surface area contributed by atoms with Gasteiger partial charge in [-0.1, -0.05) is 13.8 Å². The Labute approximate surface area is 136 Å². The van der Waals surface area contributed by atoms with Crippen LogP contribution in [-0.2, 0) is 24.6 Å². The molecule has 1 heterocycles. The van der Waals surface area contributed by atoms with Gasteiger partial charge >= 0.3 is 0 Å². The van der Waals surface area contributed by atoms with Gasteiger partial charge in [0.25, 0.3) is 0 Å². The summed E-state index contributed by atoms with van der Waals surface area (Å²) in [7, 11) is 3.89. The van der Waals surface area contributed by atoms with E-state index in [1.807, 2.05) is 18.8 Å². The van der Waals surface area contributed by atoms with Gasteiger partial charge in [-0.3, -0.25) is 4.68 Å². The van der Waals surface area contributed by atoms with Crippen LogP contribution in [0.3, 0.4) is 0 Å². The minimum atomic E-state index is 0.00522. The Morgan fingerprint density at radius 3 is 2.57 bits per heavy atom. The van der Waals surface area contributed by atoms with Gasteiger partial charge in [0.15, 0.2) is 0 Å². The third kappa shape index (κ3) is 3.35. The van der Waals surface area contributed by atoms with Crippen LogP contribution in [0.5, 0.6) is 0 Å². The molecule has 2 rings (SSSR count). The maximum Gasteiger partial charge on any atom is 0.0834 e. The zero-order valence-corrected chi connectivity index (χ0v) is 15.3. The molecule has 1 aliphatic carbocycles. The van der Waals surface area contributed by atoms with Gasteiger partial charge in [0, 0.05) is 26.6 Å². The number of hydrogen-bond acceptors (Lipinski definition) is 3. The van der Waals surface area contributed by atoms with Crippen molar-refractivity contribution in [2.75, 3.05) is 13.7 Å². The van der Waals surface area contributed by atoms with Crippen molar-refractivity contribution in [3.05, 3.63) is 15.9 Å². The molecule has 0 bridgehead atoms. The van der Waals surface area contributed by atoms with E-state index in [-0.39, 0.29) is 5.60 Å². The first kappa shape index (κ1) is 17.0. The average molecular weight is 358 g/mol. The van der Waals surface area contributed by atoms with Crippen LogP contribution >= 0.6 is 15.9 Å². The van der Waals surface area contributed by atoms with Gasteiger partial charge in [-0.05, 0) is 54.6 Å². The molecule has 0 spiro atoms. The van der Waals surface area contributed by atoms with E-state index in [1.165, 1.54) is 16.6 Å². The molecular weight excluding hydrogens is 330 g/mol. The van der Waals surface area contributed by atoms with E-state index in [0.717, 1.165) is 44.3 Å². The van der Waals surface area contributed by atoms with Gasteiger partial charge in [-0.15, -0.1) is 0 Å². The van der Waals surface area contributed by atoms with Crippen molar-refractivity contribution in [3.63, 3.8) is 0 Å². The van der Waals surface area contributed by atoms with Gasteiger partial charge in [0.05, 0.1) is 21.5 Å². The molecule has 1 aliphatic rings. The minimum Gasteiger partial charge on any atom is -0.377 e. The summed E-state index contributed by atoms with van der Waals surface area (Å²) in [6, 6.07) is 0.354. The highest BCUT2D eigenvalue weighted by atomic mass is 79.9. The van der Waals surface area contributed by atoms with E-state index < -0.39 is 0 Å². The smallest absolute Gasteiger partial charge is 0.0834 e. The normalized spacial score (nSPS) is 18.5. The van der Waals surface area contributed by atoms with E-state index >= 15 is 0 Å². The summed E-state index contributed by atoms with van der Waals surface area (Å²) < 4.78 is 9.10. The molecule has 120 valence electrons. The largest absolute Gasteiger partial charge is 0.377 e. The maximum absolute atomic E-state index is 5.91. The number of ether oxygens (including phenoxy) is 1. The predicted octanol–water partition coefficient (Wildman–Crippen LogP) is 3.22. The first-order valence-electron chi connectivity index (χ1n) is 8.06. The molecule has 1 N–H and O–H groups in total. The monoisotopic (exact) mass is 357 g/mol. The highest BCUT2D eigenvalue weighted by molar-refractivity contribution is 9.10. The van der Waals surface area contributed by atoms with E-state index in [4.69, 9.17) is 4.74 Å². The van der Waals surface area contributed by atoms with Crippen molar-refractivity contribution in [3.8, 4) is 0 Å². The molecule has 0 aromatic carbocycles. The number of rotatable bonds is 8. The van der Waals surface area contributed by atoms with Gasteiger partial charge in [-0.2, -0.15) is 5.10 Å². The van der Waals surface area contributed by atoms with Crippen molar-refractivity contribution in [2.45, 2.75) is 64.0 Å². The van der Waals surface area contributed by atoms with Crippen LogP contribution in [-0.4, -0.2) is 35.1 Å². The van der Waals surface area contributed by atoms with Gasteiger partial charge in [0.1, 0.15) is 0 Å². The summed E-state index contributed by atoms with van der Waals surface area (Å²) in [5.74, 6) is 0. The SMILES string of the molecule is CCCNC(Cc1c(Br)c(CC)nn1C)C1(OC)CCC1. The van der Waals surface area contributed by atoms with Crippen molar-refractivity contribution < 1.29 is 4.74 Å². The zero-order chi connectivity index (χ0) is 15.5. The summed E-state index contributed by atoms with van der Waals surface area (Å²) in [5, 5.41) is 8.32. The molecule has 5 heteroatoms. The molecule has 21 heavy (non-hydrogen) atoms. The van der Waals surface area contributed by atoms with Crippen molar-refractivity contribution >= 4 is 15.9 Å². The molecular formula is C16H28BrN3O.